The predicted molar refractivity (Wildman–Crippen MR) is 97.3 cm³/mol. The molecule has 3 atom stereocenters. The van der Waals surface area contributed by atoms with Crippen LogP contribution in [0, 0.1) is 11.8 Å². The highest BCUT2D eigenvalue weighted by Crippen LogP contribution is 2.24. The number of rotatable bonds is 9. The van der Waals surface area contributed by atoms with Gasteiger partial charge in [-0.05, 0) is 42.2 Å². The van der Waals surface area contributed by atoms with Gasteiger partial charge >= 0.3 is 0 Å². The van der Waals surface area contributed by atoms with Gasteiger partial charge in [-0.1, -0.05) is 32.0 Å². The number of amides is 1. The average molecular weight is 331 g/mol. The van der Waals surface area contributed by atoms with Crippen LogP contribution in [0.1, 0.15) is 33.1 Å². The van der Waals surface area contributed by atoms with E-state index in [2.05, 4.69) is 42.8 Å². The lowest BCUT2D eigenvalue weighted by atomic mass is 9.87. The number of carbonyl (C=O) groups is 1. The molecule has 5 nitrogen and oxygen atoms in total. The highest BCUT2D eigenvalue weighted by Gasteiger charge is 2.23. The molecule has 0 spiro atoms. The highest BCUT2D eigenvalue weighted by atomic mass is 16.3. The van der Waals surface area contributed by atoms with E-state index in [1.54, 1.807) is 0 Å². The number of nitrogens with two attached hydrogens (primary N) is 2. The van der Waals surface area contributed by atoms with E-state index in [9.17, 15) is 9.90 Å². The van der Waals surface area contributed by atoms with Crippen molar-refractivity contribution in [3.8, 4) is 0 Å². The molecule has 1 aromatic carbocycles. The lowest BCUT2D eigenvalue weighted by molar-refractivity contribution is -0.118. The molecule has 1 aromatic heterocycles. The van der Waals surface area contributed by atoms with Crippen molar-refractivity contribution in [1.82, 2.24) is 4.57 Å². The average Bonchev–Trinajstić information content (AvgIpc) is 2.94. The number of hydrogen-bond acceptors (Lipinski definition) is 3. The summed E-state index contributed by atoms with van der Waals surface area (Å²) in [6.07, 6.45) is 2.62. The molecule has 2 rings (SSSR count). The van der Waals surface area contributed by atoms with Crippen LogP contribution in [0.3, 0.4) is 0 Å². The van der Waals surface area contributed by atoms with E-state index in [0.717, 1.165) is 6.54 Å². The molecule has 0 aliphatic carbocycles. The molecule has 0 fully saturated rings. The van der Waals surface area contributed by atoms with Crippen LogP contribution in [0.2, 0.25) is 0 Å². The number of hydrogen-bond donors (Lipinski definition) is 3. The van der Waals surface area contributed by atoms with Gasteiger partial charge in [0, 0.05) is 30.7 Å². The van der Waals surface area contributed by atoms with Crippen molar-refractivity contribution in [2.45, 2.75) is 51.8 Å². The molecule has 2 aromatic rings. The van der Waals surface area contributed by atoms with Crippen LogP contribution in [0.5, 0.6) is 0 Å². The van der Waals surface area contributed by atoms with Crippen molar-refractivity contribution in [3.63, 3.8) is 0 Å². The Labute approximate surface area is 143 Å². The Morgan fingerprint density at radius 1 is 1.25 bits per heavy atom. The molecule has 5 heteroatoms. The van der Waals surface area contributed by atoms with Crippen molar-refractivity contribution in [3.05, 3.63) is 36.5 Å². The number of aliphatic hydroxyl groups is 1. The van der Waals surface area contributed by atoms with Gasteiger partial charge in [0.1, 0.15) is 0 Å². The number of carbonyl (C=O) groups excluding carboxylic acids is 1. The molecule has 0 bridgehead atoms. The molecular weight excluding hydrogens is 302 g/mol. The molecule has 1 amide bonds. The van der Waals surface area contributed by atoms with E-state index in [0.29, 0.717) is 24.7 Å². The van der Waals surface area contributed by atoms with E-state index in [-0.39, 0.29) is 12.5 Å². The van der Waals surface area contributed by atoms with E-state index < -0.39 is 12.0 Å². The molecule has 24 heavy (non-hydrogen) atoms. The fourth-order valence-electron chi connectivity index (χ4n) is 3.12. The fraction of sp³-hybridized carbons (Fsp3) is 0.526. The molecule has 0 radical (unpaired) electrons. The van der Waals surface area contributed by atoms with E-state index in [1.165, 1.54) is 10.9 Å². The molecule has 1 heterocycles. The maximum atomic E-state index is 10.9. The molecule has 0 saturated carbocycles. The zero-order valence-corrected chi connectivity index (χ0v) is 14.6. The molecule has 5 N–H and O–H groups in total. The van der Waals surface area contributed by atoms with Gasteiger partial charge in [-0.2, -0.15) is 0 Å². The summed E-state index contributed by atoms with van der Waals surface area (Å²) in [5.41, 5.74) is 12.5. The van der Waals surface area contributed by atoms with Crippen LogP contribution >= 0.6 is 0 Å². The van der Waals surface area contributed by atoms with Crippen molar-refractivity contribution in [1.29, 1.82) is 0 Å². The summed E-state index contributed by atoms with van der Waals surface area (Å²) < 4.78 is 2.25. The standard InChI is InChI=1S/C19H29N3O2/c1-13(2)15(11-16(20)18(23)7-8-19(21)24)12-22-10-9-14-5-3-4-6-17(14)22/h3-6,9-10,13,15-16,18,23H,7-8,11-12,20H2,1-2H3,(H2,21,24). The topological polar surface area (TPSA) is 94.3 Å². The first-order valence-corrected chi connectivity index (χ1v) is 8.64. The monoisotopic (exact) mass is 331 g/mol. The molecule has 0 saturated heterocycles. The molecule has 0 aliphatic rings. The van der Waals surface area contributed by atoms with Crippen LogP contribution in [-0.2, 0) is 11.3 Å². The van der Waals surface area contributed by atoms with Gasteiger partial charge in [0.25, 0.3) is 0 Å². The second-order valence-electron chi connectivity index (χ2n) is 7.00. The third-order valence-corrected chi connectivity index (χ3v) is 4.81. The van der Waals surface area contributed by atoms with E-state index in [4.69, 9.17) is 11.5 Å². The Balaban J connectivity index is 2.02. The summed E-state index contributed by atoms with van der Waals surface area (Å²) >= 11 is 0. The Bertz CT molecular complexity index is 665. The minimum atomic E-state index is -0.694. The molecule has 132 valence electrons. The van der Waals surface area contributed by atoms with Crippen LogP contribution in [-0.4, -0.2) is 27.7 Å². The number of benzene rings is 1. The number of para-hydroxylation sites is 1. The van der Waals surface area contributed by atoms with E-state index in [1.807, 2.05) is 12.1 Å². The normalized spacial score (nSPS) is 15.5. The van der Waals surface area contributed by atoms with Crippen molar-refractivity contribution in [2.75, 3.05) is 0 Å². The largest absolute Gasteiger partial charge is 0.391 e. The Morgan fingerprint density at radius 2 is 1.96 bits per heavy atom. The quantitative estimate of drug-likeness (QED) is 0.658. The maximum absolute atomic E-state index is 10.9. The number of primary amides is 1. The lowest BCUT2D eigenvalue weighted by Crippen LogP contribution is -2.38. The van der Waals surface area contributed by atoms with Crippen LogP contribution in [0.15, 0.2) is 36.5 Å². The molecular formula is C19H29N3O2. The van der Waals surface area contributed by atoms with Crippen molar-refractivity contribution in [2.24, 2.45) is 23.3 Å². The summed E-state index contributed by atoms with van der Waals surface area (Å²) in [7, 11) is 0. The third-order valence-electron chi connectivity index (χ3n) is 4.81. The first-order chi connectivity index (χ1) is 11.4. The summed E-state index contributed by atoms with van der Waals surface area (Å²) in [5.74, 6) is 0.389. The first-order valence-electron chi connectivity index (χ1n) is 8.64. The van der Waals surface area contributed by atoms with Gasteiger partial charge in [0.2, 0.25) is 5.91 Å². The lowest BCUT2D eigenvalue weighted by Gasteiger charge is -2.27. The van der Waals surface area contributed by atoms with Crippen molar-refractivity contribution >= 4 is 16.8 Å². The summed E-state index contributed by atoms with van der Waals surface area (Å²) in [6, 6.07) is 10.1. The molecule has 3 unspecified atom stereocenters. The smallest absolute Gasteiger partial charge is 0.217 e. The minimum absolute atomic E-state index is 0.170. The fourth-order valence-corrected chi connectivity index (χ4v) is 3.12. The molecule has 0 aliphatic heterocycles. The maximum Gasteiger partial charge on any atom is 0.217 e. The number of aromatic nitrogens is 1. The Hall–Kier alpha value is -1.85. The minimum Gasteiger partial charge on any atom is -0.391 e. The Kier molecular flexibility index (Phi) is 6.40. The Morgan fingerprint density at radius 3 is 2.62 bits per heavy atom. The van der Waals surface area contributed by atoms with Crippen LogP contribution in [0.4, 0.5) is 0 Å². The summed E-state index contributed by atoms with van der Waals surface area (Å²) in [5, 5.41) is 11.4. The third kappa shape index (κ3) is 4.82. The number of fused-ring (bicyclic) bond motifs is 1. The first kappa shape index (κ1) is 18.5. The highest BCUT2D eigenvalue weighted by molar-refractivity contribution is 5.79. The van der Waals surface area contributed by atoms with Gasteiger partial charge in [-0.15, -0.1) is 0 Å². The van der Waals surface area contributed by atoms with E-state index >= 15 is 0 Å². The SMILES string of the molecule is CC(C)C(CC(N)C(O)CCC(N)=O)Cn1ccc2ccccc21. The number of aliphatic hydroxyl groups excluding tert-OH is 1. The van der Waals surface area contributed by atoms with Gasteiger partial charge in [-0.3, -0.25) is 4.79 Å². The zero-order valence-electron chi connectivity index (χ0n) is 14.6. The number of nitrogens with zero attached hydrogens (tertiary/aromatic N) is 1. The summed E-state index contributed by atoms with van der Waals surface area (Å²) in [4.78, 5) is 10.9. The van der Waals surface area contributed by atoms with Crippen LogP contribution < -0.4 is 11.5 Å². The van der Waals surface area contributed by atoms with Gasteiger partial charge in [-0.25, -0.2) is 0 Å². The zero-order chi connectivity index (χ0) is 17.7. The second-order valence-corrected chi connectivity index (χ2v) is 7.00. The summed E-state index contributed by atoms with van der Waals surface area (Å²) in [6.45, 7) is 5.22. The van der Waals surface area contributed by atoms with Crippen molar-refractivity contribution < 1.29 is 9.90 Å². The predicted octanol–water partition coefficient (Wildman–Crippen LogP) is 2.26. The van der Waals surface area contributed by atoms with Gasteiger partial charge in [0.05, 0.1) is 6.10 Å². The van der Waals surface area contributed by atoms with Gasteiger partial charge in [0.15, 0.2) is 0 Å². The van der Waals surface area contributed by atoms with Crippen LogP contribution in [0.25, 0.3) is 10.9 Å². The second kappa shape index (κ2) is 8.31. The van der Waals surface area contributed by atoms with Gasteiger partial charge < -0.3 is 21.1 Å².